The van der Waals surface area contributed by atoms with Crippen molar-refractivity contribution in [2.75, 3.05) is 0 Å². The zero-order chi connectivity index (χ0) is 3.58. The van der Waals surface area contributed by atoms with E-state index in [-0.39, 0.29) is 88.7 Å². The first-order valence-electron chi connectivity index (χ1n) is 0.775. The Morgan fingerprint density at radius 3 is 0.714 bits per heavy atom. The standard InChI is InChI=1S/3Na.H4O3Si.3H/c;;;1-4(2)3;;;/h;;;1-4H;;;. The molecule has 0 aliphatic carbocycles. The van der Waals surface area contributed by atoms with Crippen molar-refractivity contribution >= 4 is 98.2 Å². The zero-order valence-corrected chi connectivity index (χ0v) is 3.07. The summed E-state index contributed by atoms with van der Waals surface area (Å²) in [7, 11) is -3.14. The molecule has 0 unspecified atom stereocenters. The van der Waals surface area contributed by atoms with Crippen molar-refractivity contribution in [2.24, 2.45) is 0 Å². The van der Waals surface area contributed by atoms with Gasteiger partial charge in [-0.1, -0.05) is 0 Å². The van der Waals surface area contributed by atoms with E-state index in [0.29, 0.717) is 0 Å². The van der Waals surface area contributed by atoms with Gasteiger partial charge in [0.1, 0.15) is 0 Å². The third-order valence-electron chi connectivity index (χ3n) is 0. The SMILES string of the molecule is O[SiH](O)O.[NaH].[NaH].[NaH]. The van der Waals surface area contributed by atoms with E-state index in [1.807, 2.05) is 0 Å². The molecule has 0 bridgehead atoms. The molecule has 3 N–H and O–H groups in total. The van der Waals surface area contributed by atoms with Crippen LogP contribution in [0.15, 0.2) is 0 Å². The molecule has 32 valence electrons. The van der Waals surface area contributed by atoms with E-state index in [1.165, 1.54) is 0 Å². The second-order valence-electron chi connectivity index (χ2n) is 0.346. The minimum absolute atomic E-state index is 0. The van der Waals surface area contributed by atoms with Gasteiger partial charge >= 0.3 is 98.2 Å². The first-order valence-corrected chi connectivity index (χ1v) is 2.32. The molecule has 0 aromatic heterocycles. The minimum atomic E-state index is -3.14. The summed E-state index contributed by atoms with van der Waals surface area (Å²) in [5.74, 6) is 0. The van der Waals surface area contributed by atoms with Crippen molar-refractivity contribution in [3.63, 3.8) is 0 Å². The average Bonchev–Trinajstić information content (AvgIpc) is 0.811. The van der Waals surface area contributed by atoms with Gasteiger partial charge in [0.05, 0.1) is 0 Å². The Kier molecular flexibility index (Phi) is 51.5. The monoisotopic (exact) mass is 152 g/mol. The molecule has 0 aliphatic rings. The van der Waals surface area contributed by atoms with Crippen LogP contribution in [0.1, 0.15) is 0 Å². The van der Waals surface area contributed by atoms with Crippen molar-refractivity contribution in [3.8, 4) is 0 Å². The molecule has 7 heteroatoms. The summed E-state index contributed by atoms with van der Waals surface area (Å²) in [5, 5.41) is 0. The van der Waals surface area contributed by atoms with Crippen LogP contribution in [-0.2, 0) is 0 Å². The van der Waals surface area contributed by atoms with Crippen LogP contribution in [-0.4, -0.2) is 113 Å². The predicted octanol–water partition coefficient (Wildman–Crippen LogP) is -4.26. The van der Waals surface area contributed by atoms with Crippen LogP contribution in [0.2, 0.25) is 0 Å². The summed E-state index contributed by atoms with van der Waals surface area (Å²) < 4.78 is 0. The van der Waals surface area contributed by atoms with Crippen LogP contribution >= 0.6 is 0 Å². The van der Waals surface area contributed by atoms with Gasteiger partial charge in [0.15, 0.2) is 0 Å². The molecular weight excluding hydrogens is 145 g/mol. The Bertz CT molecular complexity index is 14.9. The number of hydrogen-bond donors (Lipinski definition) is 3. The average molecular weight is 152 g/mol. The van der Waals surface area contributed by atoms with Gasteiger partial charge in [-0.3, -0.25) is 0 Å². The second kappa shape index (κ2) is 16.0. The summed E-state index contributed by atoms with van der Waals surface area (Å²) >= 11 is 0. The van der Waals surface area contributed by atoms with Crippen LogP contribution in [0.25, 0.3) is 0 Å². The molecular formula is H7Na3O3Si. The van der Waals surface area contributed by atoms with Gasteiger partial charge in [-0.25, -0.2) is 0 Å². The summed E-state index contributed by atoms with van der Waals surface area (Å²) in [6, 6.07) is 0. The van der Waals surface area contributed by atoms with E-state index in [9.17, 15) is 0 Å². The van der Waals surface area contributed by atoms with Crippen molar-refractivity contribution in [1.29, 1.82) is 0 Å². The number of hydrogen-bond acceptors (Lipinski definition) is 3. The first kappa shape index (κ1) is 22.5. The maximum absolute atomic E-state index is 7.31. The van der Waals surface area contributed by atoms with E-state index in [1.54, 1.807) is 0 Å². The molecule has 0 aromatic carbocycles. The van der Waals surface area contributed by atoms with E-state index >= 15 is 0 Å². The van der Waals surface area contributed by atoms with Crippen LogP contribution in [0.5, 0.6) is 0 Å². The summed E-state index contributed by atoms with van der Waals surface area (Å²) in [5.41, 5.74) is 0. The fraction of sp³-hybridized carbons (Fsp3) is 0. The van der Waals surface area contributed by atoms with E-state index in [4.69, 9.17) is 14.4 Å². The second-order valence-corrected chi connectivity index (χ2v) is 1.04. The van der Waals surface area contributed by atoms with Gasteiger partial charge in [0, 0.05) is 0 Å². The number of rotatable bonds is 0. The molecule has 0 spiro atoms. The van der Waals surface area contributed by atoms with Gasteiger partial charge in [0.2, 0.25) is 0 Å². The summed E-state index contributed by atoms with van der Waals surface area (Å²) in [4.78, 5) is 21.9. The van der Waals surface area contributed by atoms with E-state index in [2.05, 4.69) is 0 Å². The van der Waals surface area contributed by atoms with Gasteiger partial charge in [-0.2, -0.15) is 0 Å². The van der Waals surface area contributed by atoms with Gasteiger partial charge in [0.25, 0.3) is 0 Å². The molecule has 0 saturated carbocycles. The fourth-order valence-electron chi connectivity index (χ4n) is 0. The van der Waals surface area contributed by atoms with Crippen molar-refractivity contribution in [2.45, 2.75) is 0 Å². The molecule has 0 rings (SSSR count). The molecule has 3 nitrogen and oxygen atoms in total. The molecule has 0 fully saturated rings. The van der Waals surface area contributed by atoms with Crippen molar-refractivity contribution in [1.82, 2.24) is 0 Å². The Morgan fingerprint density at radius 2 is 0.714 bits per heavy atom. The first-order chi connectivity index (χ1) is 1.73. The molecule has 0 aliphatic heterocycles. The fourth-order valence-corrected chi connectivity index (χ4v) is 0. The van der Waals surface area contributed by atoms with Gasteiger partial charge in [-0.05, 0) is 0 Å². The van der Waals surface area contributed by atoms with Crippen molar-refractivity contribution < 1.29 is 14.4 Å². The zero-order valence-electron chi connectivity index (χ0n) is 1.92. The summed E-state index contributed by atoms with van der Waals surface area (Å²) in [6.45, 7) is 0. The van der Waals surface area contributed by atoms with Crippen molar-refractivity contribution in [3.05, 3.63) is 0 Å². The molecule has 0 amide bonds. The molecule has 0 heterocycles. The Morgan fingerprint density at radius 1 is 0.714 bits per heavy atom. The van der Waals surface area contributed by atoms with Crippen LogP contribution in [0.3, 0.4) is 0 Å². The predicted molar refractivity (Wildman–Crippen MR) is 35.3 cm³/mol. The Labute approximate surface area is 110 Å². The quantitative estimate of drug-likeness (QED) is 0.308. The molecule has 0 saturated heterocycles. The third kappa shape index (κ3) is 47.8. The normalized spacial score (nSPS) is 5.14. The molecule has 0 radical (unpaired) electrons. The van der Waals surface area contributed by atoms with E-state index < -0.39 is 9.53 Å². The Balaban J connectivity index is -0.0000000150. The van der Waals surface area contributed by atoms with Gasteiger partial charge in [-0.15, -0.1) is 0 Å². The molecule has 0 aromatic rings. The Hall–Kier alpha value is 3.10. The molecule has 7 heavy (non-hydrogen) atoms. The van der Waals surface area contributed by atoms with Crippen LogP contribution in [0, 0.1) is 0 Å². The third-order valence-corrected chi connectivity index (χ3v) is 0. The topological polar surface area (TPSA) is 60.7 Å². The van der Waals surface area contributed by atoms with Crippen LogP contribution in [0.4, 0.5) is 0 Å². The van der Waals surface area contributed by atoms with Gasteiger partial charge < -0.3 is 14.4 Å². The van der Waals surface area contributed by atoms with E-state index in [0.717, 1.165) is 0 Å². The van der Waals surface area contributed by atoms with Crippen LogP contribution < -0.4 is 0 Å². The molecule has 0 atom stereocenters. The summed E-state index contributed by atoms with van der Waals surface area (Å²) in [6.07, 6.45) is 0. The maximum atomic E-state index is 7.31.